The van der Waals surface area contributed by atoms with Gasteiger partial charge < -0.3 is 5.32 Å². The molecule has 0 bridgehead atoms. The Balaban J connectivity index is 2.06. The minimum Gasteiger partial charge on any atom is -0.308 e. The molecule has 2 atom stereocenters. The number of halogens is 3. The average Bonchev–Trinajstić information content (AvgIpc) is 2.36. The molecular formula is C15H18F3N. The molecule has 2 unspecified atom stereocenters. The Bertz CT molecular complexity index is 451. The van der Waals surface area contributed by atoms with Crippen LogP contribution >= 0.6 is 0 Å². The molecular weight excluding hydrogens is 251 g/mol. The zero-order chi connectivity index (χ0) is 13.9. The number of rotatable bonds is 2. The topological polar surface area (TPSA) is 12.0 Å². The van der Waals surface area contributed by atoms with Crippen molar-refractivity contribution in [3.05, 3.63) is 41.5 Å². The molecule has 0 radical (unpaired) electrons. The van der Waals surface area contributed by atoms with Crippen molar-refractivity contribution in [3.8, 4) is 0 Å². The Kier molecular flexibility index (Phi) is 4.30. The first-order valence-electron chi connectivity index (χ1n) is 6.56. The Morgan fingerprint density at radius 2 is 2.05 bits per heavy atom. The highest BCUT2D eigenvalue weighted by atomic mass is 19.4. The molecule has 1 aliphatic rings. The monoisotopic (exact) mass is 269 g/mol. The lowest BCUT2D eigenvalue weighted by atomic mass is 9.98. The summed E-state index contributed by atoms with van der Waals surface area (Å²) in [6.07, 6.45) is 2.82. The van der Waals surface area contributed by atoms with Crippen LogP contribution in [-0.4, -0.2) is 12.1 Å². The fourth-order valence-electron chi connectivity index (χ4n) is 2.37. The lowest BCUT2D eigenvalue weighted by Gasteiger charge is -2.26. The van der Waals surface area contributed by atoms with Crippen molar-refractivity contribution in [3.63, 3.8) is 0 Å². The van der Waals surface area contributed by atoms with E-state index in [0.29, 0.717) is 11.6 Å². The van der Waals surface area contributed by atoms with Gasteiger partial charge in [0, 0.05) is 12.1 Å². The van der Waals surface area contributed by atoms with E-state index >= 15 is 0 Å². The van der Waals surface area contributed by atoms with E-state index in [1.165, 1.54) is 12.1 Å². The van der Waals surface area contributed by atoms with Gasteiger partial charge in [-0.2, -0.15) is 13.2 Å². The molecule has 0 saturated carbocycles. The van der Waals surface area contributed by atoms with Crippen LogP contribution in [-0.2, 0) is 6.18 Å². The van der Waals surface area contributed by atoms with Crippen molar-refractivity contribution < 1.29 is 13.2 Å². The zero-order valence-electron chi connectivity index (χ0n) is 10.9. The largest absolute Gasteiger partial charge is 0.416 e. The third-order valence-electron chi connectivity index (χ3n) is 3.39. The predicted molar refractivity (Wildman–Crippen MR) is 70.7 cm³/mol. The number of piperidine rings is 1. The molecule has 0 amide bonds. The quantitative estimate of drug-likeness (QED) is 0.846. The first-order chi connectivity index (χ1) is 8.95. The van der Waals surface area contributed by atoms with Crippen molar-refractivity contribution in [1.82, 2.24) is 5.32 Å². The molecule has 2 rings (SSSR count). The summed E-state index contributed by atoms with van der Waals surface area (Å²) >= 11 is 0. The highest BCUT2D eigenvalue weighted by molar-refractivity contribution is 5.51. The summed E-state index contributed by atoms with van der Waals surface area (Å²) in [7, 11) is 0. The summed E-state index contributed by atoms with van der Waals surface area (Å²) in [6.45, 7) is 2.13. The van der Waals surface area contributed by atoms with E-state index < -0.39 is 11.7 Å². The molecule has 1 N–H and O–H groups in total. The summed E-state index contributed by atoms with van der Waals surface area (Å²) < 4.78 is 37.7. The number of alkyl halides is 3. The summed E-state index contributed by atoms with van der Waals surface area (Å²) in [5.41, 5.74) is -0.00512. The molecule has 104 valence electrons. The van der Waals surface area contributed by atoms with E-state index in [4.69, 9.17) is 0 Å². The SMILES string of the molecule is CC1CCCC(/C=C/c2cccc(C(F)(F)F)c2)N1. The second-order valence-corrected chi connectivity index (χ2v) is 5.09. The van der Waals surface area contributed by atoms with Gasteiger partial charge in [0.2, 0.25) is 0 Å². The number of hydrogen-bond acceptors (Lipinski definition) is 1. The van der Waals surface area contributed by atoms with Crippen LogP contribution in [0.15, 0.2) is 30.3 Å². The van der Waals surface area contributed by atoms with Crippen molar-refractivity contribution in [1.29, 1.82) is 0 Å². The molecule has 1 aromatic rings. The number of hydrogen-bond donors (Lipinski definition) is 1. The molecule has 1 aliphatic heterocycles. The lowest BCUT2D eigenvalue weighted by molar-refractivity contribution is -0.137. The molecule has 1 heterocycles. The van der Waals surface area contributed by atoms with Crippen LogP contribution in [0.2, 0.25) is 0 Å². The molecule has 0 spiro atoms. The van der Waals surface area contributed by atoms with Crippen LogP contribution in [0.25, 0.3) is 6.08 Å². The second kappa shape index (κ2) is 5.78. The highest BCUT2D eigenvalue weighted by Gasteiger charge is 2.30. The fraction of sp³-hybridized carbons (Fsp3) is 0.467. The van der Waals surface area contributed by atoms with Gasteiger partial charge in [-0.05, 0) is 37.5 Å². The smallest absolute Gasteiger partial charge is 0.308 e. The Morgan fingerprint density at radius 3 is 2.74 bits per heavy atom. The number of nitrogens with one attached hydrogen (secondary N) is 1. The van der Waals surface area contributed by atoms with Crippen molar-refractivity contribution >= 4 is 6.08 Å². The summed E-state index contributed by atoms with van der Waals surface area (Å²) in [5.74, 6) is 0. The average molecular weight is 269 g/mol. The fourth-order valence-corrected chi connectivity index (χ4v) is 2.37. The Labute approximate surface area is 111 Å². The molecule has 0 aliphatic carbocycles. The summed E-state index contributed by atoms with van der Waals surface area (Å²) in [5, 5.41) is 3.42. The zero-order valence-corrected chi connectivity index (χ0v) is 10.9. The van der Waals surface area contributed by atoms with Crippen molar-refractivity contribution in [2.75, 3.05) is 0 Å². The molecule has 0 aromatic heterocycles. The van der Waals surface area contributed by atoms with Crippen molar-refractivity contribution in [2.45, 2.75) is 44.4 Å². The summed E-state index contributed by atoms with van der Waals surface area (Å²) in [4.78, 5) is 0. The Morgan fingerprint density at radius 1 is 1.26 bits per heavy atom. The van der Waals surface area contributed by atoms with E-state index in [2.05, 4.69) is 12.2 Å². The van der Waals surface area contributed by atoms with Gasteiger partial charge in [-0.1, -0.05) is 30.7 Å². The third kappa shape index (κ3) is 4.10. The van der Waals surface area contributed by atoms with Crippen LogP contribution in [0.4, 0.5) is 13.2 Å². The van der Waals surface area contributed by atoms with E-state index in [-0.39, 0.29) is 6.04 Å². The normalized spacial score (nSPS) is 24.8. The number of benzene rings is 1. The van der Waals surface area contributed by atoms with Gasteiger partial charge >= 0.3 is 6.18 Å². The van der Waals surface area contributed by atoms with Gasteiger partial charge in [0.05, 0.1) is 5.56 Å². The van der Waals surface area contributed by atoms with Gasteiger partial charge in [0.15, 0.2) is 0 Å². The third-order valence-corrected chi connectivity index (χ3v) is 3.39. The van der Waals surface area contributed by atoms with Gasteiger partial charge in [0.25, 0.3) is 0 Å². The highest BCUT2D eigenvalue weighted by Crippen LogP contribution is 2.29. The standard InChI is InChI=1S/C15H18F3N/c1-11-4-2-7-14(19-11)9-8-12-5-3-6-13(10-12)15(16,17)18/h3,5-6,8-11,14,19H,2,4,7H2,1H3/b9-8+. The van der Waals surface area contributed by atoms with Gasteiger partial charge in [0.1, 0.15) is 0 Å². The first kappa shape index (κ1) is 14.1. The Hall–Kier alpha value is -1.29. The minimum atomic E-state index is -4.28. The maximum atomic E-state index is 12.6. The summed E-state index contributed by atoms with van der Waals surface area (Å²) in [6, 6.07) is 6.15. The van der Waals surface area contributed by atoms with Gasteiger partial charge in [-0.3, -0.25) is 0 Å². The maximum absolute atomic E-state index is 12.6. The maximum Gasteiger partial charge on any atom is 0.416 e. The molecule has 1 saturated heterocycles. The van der Waals surface area contributed by atoms with Crippen LogP contribution < -0.4 is 5.32 Å². The second-order valence-electron chi connectivity index (χ2n) is 5.09. The van der Waals surface area contributed by atoms with Crippen LogP contribution in [0.3, 0.4) is 0 Å². The molecule has 19 heavy (non-hydrogen) atoms. The van der Waals surface area contributed by atoms with Crippen LogP contribution in [0.1, 0.15) is 37.3 Å². The molecule has 4 heteroatoms. The minimum absolute atomic E-state index is 0.262. The molecule has 1 fully saturated rings. The van der Waals surface area contributed by atoms with E-state index in [9.17, 15) is 13.2 Å². The predicted octanol–water partition coefficient (Wildman–Crippen LogP) is 4.25. The van der Waals surface area contributed by atoms with Crippen LogP contribution in [0, 0.1) is 0 Å². The van der Waals surface area contributed by atoms with Gasteiger partial charge in [-0.15, -0.1) is 0 Å². The van der Waals surface area contributed by atoms with E-state index in [1.54, 1.807) is 12.1 Å². The van der Waals surface area contributed by atoms with E-state index in [1.807, 2.05) is 6.08 Å². The van der Waals surface area contributed by atoms with Crippen LogP contribution in [0.5, 0.6) is 0 Å². The van der Waals surface area contributed by atoms with E-state index in [0.717, 1.165) is 25.3 Å². The molecule has 1 nitrogen and oxygen atoms in total. The van der Waals surface area contributed by atoms with Crippen molar-refractivity contribution in [2.24, 2.45) is 0 Å². The first-order valence-corrected chi connectivity index (χ1v) is 6.56. The molecule has 1 aromatic carbocycles. The lowest BCUT2D eigenvalue weighted by Crippen LogP contribution is -2.39. The van der Waals surface area contributed by atoms with Gasteiger partial charge in [-0.25, -0.2) is 0 Å².